The van der Waals surface area contributed by atoms with Crippen LogP contribution in [0.3, 0.4) is 0 Å². The molecule has 11 heteroatoms. The minimum atomic E-state index is -4.65. The summed E-state index contributed by atoms with van der Waals surface area (Å²) in [7, 11) is 1.21. The number of halogens is 3. The quantitative estimate of drug-likeness (QED) is 0.483. The number of ether oxygens (including phenoxy) is 1. The highest BCUT2D eigenvalue weighted by atomic mass is 32.1. The number of anilines is 3. The molecule has 4 rings (SSSR count). The Kier molecular flexibility index (Phi) is 7.03. The van der Waals surface area contributed by atoms with Crippen LogP contribution in [-0.2, 0) is 17.3 Å². The summed E-state index contributed by atoms with van der Waals surface area (Å²) in [6.45, 7) is 5.68. The monoisotopic (exact) mass is 491 g/mol. The number of carbonyl (C=O) groups excluding carboxylic acids is 1. The molecule has 180 valence electrons. The number of benzene rings is 1. The van der Waals surface area contributed by atoms with Gasteiger partial charge in [-0.15, -0.1) is 11.3 Å². The molecule has 0 spiro atoms. The van der Waals surface area contributed by atoms with E-state index in [1.54, 1.807) is 0 Å². The van der Waals surface area contributed by atoms with Crippen LogP contribution in [0.15, 0.2) is 35.8 Å². The Morgan fingerprint density at radius 3 is 2.71 bits per heavy atom. The Morgan fingerprint density at radius 1 is 1.26 bits per heavy atom. The fourth-order valence-electron chi connectivity index (χ4n) is 3.76. The summed E-state index contributed by atoms with van der Waals surface area (Å²) in [6.07, 6.45) is -3.16. The van der Waals surface area contributed by atoms with E-state index in [-0.39, 0.29) is 22.1 Å². The number of nitrogens with zero attached hydrogens (tertiary/aromatic N) is 3. The largest absolute Gasteiger partial charge is 0.465 e. The van der Waals surface area contributed by atoms with Gasteiger partial charge in [-0.3, -0.25) is 0 Å². The van der Waals surface area contributed by atoms with Gasteiger partial charge in [-0.2, -0.15) is 13.2 Å². The first kappa shape index (κ1) is 24.0. The molecule has 0 amide bonds. The maximum absolute atomic E-state index is 13.7. The van der Waals surface area contributed by atoms with E-state index < -0.39 is 17.7 Å². The summed E-state index contributed by atoms with van der Waals surface area (Å²) in [5.41, 5.74) is 1.74. The van der Waals surface area contributed by atoms with Gasteiger partial charge in [0.15, 0.2) is 0 Å². The zero-order valence-electron chi connectivity index (χ0n) is 18.7. The lowest BCUT2D eigenvalue weighted by Gasteiger charge is -2.30. The standard InChI is InChI=1S/C23H24F3N5O2S/c1-3-14-10-16(31-8-6-27-7-9-31)4-5-18(14)29-22-28-12-17(23(24,25)26)20(30-22)19-11-15(13-34-19)21(32)33-2/h4-5,10-13,27H,3,6-9H2,1-2H3,(H,28,29,30). The molecule has 0 radical (unpaired) electrons. The Balaban J connectivity index is 1.67. The van der Waals surface area contributed by atoms with E-state index in [1.165, 1.54) is 18.6 Å². The zero-order chi connectivity index (χ0) is 24.3. The van der Waals surface area contributed by atoms with Crippen LogP contribution in [0.25, 0.3) is 10.6 Å². The normalized spacial score (nSPS) is 14.2. The average molecular weight is 492 g/mol. The number of aryl methyl sites for hydroxylation is 1. The van der Waals surface area contributed by atoms with Crippen molar-refractivity contribution in [2.75, 3.05) is 43.5 Å². The summed E-state index contributed by atoms with van der Waals surface area (Å²) >= 11 is 0.988. The SMILES string of the molecule is CCc1cc(N2CCNCC2)ccc1Nc1ncc(C(F)(F)F)c(-c2cc(C(=O)OC)cs2)n1. The first-order chi connectivity index (χ1) is 16.3. The third-order valence-corrected chi connectivity index (χ3v) is 6.48. The number of carbonyl (C=O) groups is 1. The van der Waals surface area contributed by atoms with Crippen LogP contribution in [-0.4, -0.2) is 49.2 Å². The maximum atomic E-state index is 13.7. The van der Waals surface area contributed by atoms with E-state index in [0.29, 0.717) is 0 Å². The molecule has 2 aromatic heterocycles. The van der Waals surface area contributed by atoms with E-state index in [1.807, 2.05) is 19.1 Å². The second-order valence-electron chi connectivity index (χ2n) is 7.70. The Hall–Kier alpha value is -3.18. The van der Waals surface area contributed by atoms with Gasteiger partial charge in [0.1, 0.15) is 5.56 Å². The minimum absolute atomic E-state index is 0.0423. The van der Waals surface area contributed by atoms with E-state index in [4.69, 9.17) is 0 Å². The number of aromatic nitrogens is 2. The molecule has 1 aromatic carbocycles. The Bertz CT molecular complexity index is 1180. The number of rotatable bonds is 6. The average Bonchev–Trinajstić information content (AvgIpc) is 3.34. The molecule has 7 nitrogen and oxygen atoms in total. The van der Waals surface area contributed by atoms with Crippen LogP contribution in [0.1, 0.15) is 28.4 Å². The maximum Gasteiger partial charge on any atom is 0.420 e. The number of nitrogens with one attached hydrogen (secondary N) is 2. The summed E-state index contributed by atoms with van der Waals surface area (Å²) in [5.74, 6) is -0.582. The van der Waals surface area contributed by atoms with Crippen molar-refractivity contribution >= 4 is 34.6 Å². The fraction of sp³-hybridized carbons (Fsp3) is 0.348. The molecule has 34 heavy (non-hydrogen) atoms. The molecule has 1 aliphatic heterocycles. The third-order valence-electron chi connectivity index (χ3n) is 5.55. The van der Waals surface area contributed by atoms with Crippen molar-refractivity contribution in [1.82, 2.24) is 15.3 Å². The van der Waals surface area contributed by atoms with Crippen molar-refractivity contribution in [3.05, 3.63) is 52.5 Å². The molecular weight excluding hydrogens is 467 g/mol. The number of piperazine rings is 1. The van der Waals surface area contributed by atoms with E-state index in [2.05, 4.69) is 36.3 Å². The van der Waals surface area contributed by atoms with Gasteiger partial charge in [0.25, 0.3) is 0 Å². The second kappa shape index (κ2) is 9.98. The first-order valence-corrected chi connectivity index (χ1v) is 11.6. The van der Waals surface area contributed by atoms with Crippen LogP contribution in [0.5, 0.6) is 0 Å². The van der Waals surface area contributed by atoms with Crippen molar-refractivity contribution in [3.63, 3.8) is 0 Å². The van der Waals surface area contributed by atoms with Gasteiger partial charge < -0.3 is 20.3 Å². The fourth-order valence-corrected chi connectivity index (χ4v) is 4.64. The third kappa shape index (κ3) is 5.15. The summed E-state index contributed by atoms with van der Waals surface area (Å²) < 4.78 is 45.7. The number of hydrogen-bond donors (Lipinski definition) is 2. The van der Waals surface area contributed by atoms with Crippen LogP contribution in [0.4, 0.5) is 30.5 Å². The number of thiophene rings is 1. The lowest BCUT2D eigenvalue weighted by atomic mass is 10.1. The molecule has 1 saturated heterocycles. The molecule has 2 N–H and O–H groups in total. The van der Waals surface area contributed by atoms with Crippen molar-refractivity contribution in [2.45, 2.75) is 19.5 Å². The first-order valence-electron chi connectivity index (χ1n) is 10.8. The van der Waals surface area contributed by atoms with E-state index >= 15 is 0 Å². The van der Waals surface area contributed by atoms with E-state index in [9.17, 15) is 18.0 Å². The molecule has 1 aliphatic rings. The number of esters is 1. The predicted molar refractivity (Wildman–Crippen MR) is 126 cm³/mol. The van der Waals surface area contributed by atoms with Gasteiger partial charge >= 0.3 is 12.1 Å². The van der Waals surface area contributed by atoms with Gasteiger partial charge in [-0.25, -0.2) is 14.8 Å². The Labute approximate surface area is 199 Å². The van der Waals surface area contributed by atoms with Crippen molar-refractivity contribution in [3.8, 4) is 10.6 Å². The molecule has 3 heterocycles. The Morgan fingerprint density at radius 2 is 2.03 bits per heavy atom. The molecule has 0 aliphatic carbocycles. The highest BCUT2D eigenvalue weighted by Gasteiger charge is 2.36. The lowest BCUT2D eigenvalue weighted by Crippen LogP contribution is -2.43. The second-order valence-corrected chi connectivity index (χ2v) is 8.61. The van der Waals surface area contributed by atoms with Crippen molar-refractivity contribution < 1.29 is 22.7 Å². The van der Waals surface area contributed by atoms with Gasteiger partial charge in [-0.1, -0.05) is 6.92 Å². The number of methoxy groups -OCH3 is 1. The number of hydrogen-bond acceptors (Lipinski definition) is 8. The van der Waals surface area contributed by atoms with Crippen LogP contribution >= 0.6 is 11.3 Å². The van der Waals surface area contributed by atoms with E-state index in [0.717, 1.165) is 67.1 Å². The van der Waals surface area contributed by atoms with Gasteiger partial charge in [0.2, 0.25) is 5.95 Å². The van der Waals surface area contributed by atoms with Gasteiger partial charge in [0, 0.05) is 49.1 Å². The van der Waals surface area contributed by atoms with Crippen LogP contribution < -0.4 is 15.5 Å². The highest BCUT2D eigenvalue weighted by molar-refractivity contribution is 7.13. The minimum Gasteiger partial charge on any atom is -0.465 e. The molecule has 3 aromatic rings. The molecular formula is C23H24F3N5O2S. The molecule has 0 saturated carbocycles. The zero-order valence-corrected chi connectivity index (χ0v) is 19.5. The predicted octanol–water partition coefficient (Wildman–Crippen LogP) is 4.73. The topological polar surface area (TPSA) is 79.4 Å². The lowest BCUT2D eigenvalue weighted by molar-refractivity contribution is -0.137. The van der Waals surface area contributed by atoms with Gasteiger partial charge in [-0.05, 0) is 36.2 Å². The van der Waals surface area contributed by atoms with Crippen LogP contribution in [0.2, 0.25) is 0 Å². The van der Waals surface area contributed by atoms with Gasteiger partial charge in [0.05, 0.1) is 23.2 Å². The molecule has 0 bridgehead atoms. The molecule has 1 fully saturated rings. The van der Waals surface area contributed by atoms with Crippen molar-refractivity contribution in [1.29, 1.82) is 0 Å². The summed E-state index contributed by atoms with van der Waals surface area (Å²) in [4.78, 5) is 22.4. The smallest absolute Gasteiger partial charge is 0.420 e. The van der Waals surface area contributed by atoms with Crippen LogP contribution in [0, 0.1) is 0 Å². The summed E-state index contributed by atoms with van der Waals surface area (Å²) in [6, 6.07) is 7.31. The number of alkyl halides is 3. The summed E-state index contributed by atoms with van der Waals surface area (Å²) in [5, 5.41) is 7.85. The van der Waals surface area contributed by atoms with Crippen molar-refractivity contribution in [2.24, 2.45) is 0 Å². The molecule has 0 atom stereocenters. The highest BCUT2D eigenvalue weighted by Crippen LogP contribution is 2.39. The molecule has 0 unspecified atom stereocenters.